The van der Waals surface area contributed by atoms with Gasteiger partial charge in [0.2, 0.25) is 0 Å². The molecule has 110 valence electrons. The fourth-order valence-electron chi connectivity index (χ4n) is 2.45. The molecular formula is C15H22FN3O. The maximum atomic E-state index is 13.2. The first kappa shape index (κ1) is 14.8. The van der Waals surface area contributed by atoms with Gasteiger partial charge in [0, 0.05) is 12.2 Å². The molecule has 1 amide bonds. The summed E-state index contributed by atoms with van der Waals surface area (Å²) in [5, 5.41) is 2.89. The van der Waals surface area contributed by atoms with Crippen LogP contribution in [0.1, 0.15) is 30.1 Å². The summed E-state index contributed by atoms with van der Waals surface area (Å²) in [6.07, 6.45) is 2.09. The van der Waals surface area contributed by atoms with Crippen molar-refractivity contribution in [3.05, 3.63) is 29.6 Å². The van der Waals surface area contributed by atoms with Gasteiger partial charge in [-0.1, -0.05) is 6.92 Å². The molecule has 1 saturated heterocycles. The highest BCUT2D eigenvalue weighted by molar-refractivity contribution is 5.99. The summed E-state index contributed by atoms with van der Waals surface area (Å²) in [7, 11) is 2.10. The average molecular weight is 279 g/mol. The number of nitrogens with one attached hydrogen (secondary N) is 1. The quantitative estimate of drug-likeness (QED) is 0.830. The summed E-state index contributed by atoms with van der Waals surface area (Å²) in [6, 6.07) is 3.85. The van der Waals surface area contributed by atoms with E-state index in [1.807, 2.05) is 0 Å². The van der Waals surface area contributed by atoms with E-state index < -0.39 is 5.82 Å². The second kappa shape index (κ2) is 5.79. The number of likely N-dealkylation sites (tertiary alicyclic amines) is 1. The summed E-state index contributed by atoms with van der Waals surface area (Å²) in [5.41, 5.74) is 6.33. The van der Waals surface area contributed by atoms with E-state index in [1.54, 1.807) is 0 Å². The number of benzene rings is 1. The summed E-state index contributed by atoms with van der Waals surface area (Å²) >= 11 is 0. The number of piperidine rings is 1. The minimum absolute atomic E-state index is 0.101. The first-order chi connectivity index (χ1) is 9.39. The van der Waals surface area contributed by atoms with Crippen LogP contribution in [-0.2, 0) is 0 Å². The van der Waals surface area contributed by atoms with Crippen LogP contribution in [0.15, 0.2) is 18.2 Å². The maximum Gasteiger partial charge on any atom is 0.253 e. The van der Waals surface area contributed by atoms with Crippen LogP contribution in [0.4, 0.5) is 10.1 Å². The highest BCUT2D eigenvalue weighted by atomic mass is 19.1. The number of rotatable bonds is 3. The van der Waals surface area contributed by atoms with Gasteiger partial charge >= 0.3 is 0 Å². The van der Waals surface area contributed by atoms with Crippen molar-refractivity contribution in [2.24, 2.45) is 5.41 Å². The van der Waals surface area contributed by atoms with Crippen molar-refractivity contribution < 1.29 is 9.18 Å². The van der Waals surface area contributed by atoms with E-state index in [0.717, 1.165) is 25.9 Å². The highest BCUT2D eigenvalue weighted by Gasteiger charge is 2.29. The SMILES string of the molecule is CN1CCC(C)(CNC(=O)c2cc(F)ccc2N)CC1. The molecule has 0 spiro atoms. The topological polar surface area (TPSA) is 58.4 Å². The molecule has 0 saturated carbocycles. The molecule has 0 unspecified atom stereocenters. The van der Waals surface area contributed by atoms with E-state index in [4.69, 9.17) is 5.73 Å². The van der Waals surface area contributed by atoms with Crippen LogP contribution in [0.2, 0.25) is 0 Å². The van der Waals surface area contributed by atoms with Gasteiger partial charge in [0.05, 0.1) is 5.56 Å². The molecule has 1 fully saturated rings. The highest BCUT2D eigenvalue weighted by Crippen LogP contribution is 2.29. The molecule has 0 atom stereocenters. The molecule has 1 heterocycles. The van der Waals surface area contributed by atoms with Crippen LogP contribution in [0.25, 0.3) is 0 Å². The van der Waals surface area contributed by atoms with Crippen molar-refractivity contribution in [2.75, 3.05) is 32.4 Å². The Morgan fingerprint density at radius 2 is 2.10 bits per heavy atom. The summed E-state index contributed by atoms with van der Waals surface area (Å²) in [4.78, 5) is 14.4. The van der Waals surface area contributed by atoms with Gasteiger partial charge in [-0.15, -0.1) is 0 Å². The Kier molecular flexibility index (Phi) is 4.28. The second-order valence-electron chi connectivity index (χ2n) is 6.03. The van der Waals surface area contributed by atoms with Gasteiger partial charge in [-0.05, 0) is 56.6 Å². The molecule has 0 aliphatic carbocycles. The molecule has 1 aliphatic heterocycles. The maximum absolute atomic E-state index is 13.2. The lowest BCUT2D eigenvalue weighted by Gasteiger charge is -2.38. The molecule has 0 radical (unpaired) electrons. The molecule has 1 aromatic rings. The molecule has 4 nitrogen and oxygen atoms in total. The fraction of sp³-hybridized carbons (Fsp3) is 0.533. The van der Waals surface area contributed by atoms with Crippen molar-refractivity contribution >= 4 is 11.6 Å². The smallest absolute Gasteiger partial charge is 0.253 e. The molecule has 5 heteroatoms. The molecule has 0 bridgehead atoms. The van der Waals surface area contributed by atoms with Gasteiger partial charge in [-0.3, -0.25) is 4.79 Å². The van der Waals surface area contributed by atoms with Gasteiger partial charge in [0.25, 0.3) is 5.91 Å². The Morgan fingerprint density at radius 3 is 2.75 bits per heavy atom. The lowest BCUT2D eigenvalue weighted by molar-refractivity contribution is 0.0892. The van der Waals surface area contributed by atoms with E-state index in [1.165, 1.54) is 18.2 Å². The lowest BCUT2D eigenvalue weighted by Crippen LogP contribution is -2.43. The fourth-order valence-corrected chi connectivity index (χ4v) is 2.45. The third kappa shape index (κ3) is 3.48. The number of nitrogens with two attached hydrogens (primary N) is 1. The van der Waals surface area contributed by atoms with Gasteiger partial charge in [-0.25, -0.2) is 4.39 Å². The minimum atomic E-state index is -0.449. The molecule has 20 heavy (non-hydrogen) atoms. The van der Waals surface area contributed by atoms with Crippen molar-refractivity contribution in [1.29, 1.82) is 0 Å². The normalized spacial score (nSPS) is 18.8. The number of carbonyl (C=O) groups excluding carboxylic acids is 1. The van der Waals surface area contributed by atoms with Crippen LogP contribution in [0.5, 0.6) is 0 Å². The zero-order valence-corrected chi connectivity index (χ0v) is 12.1. The Morgan fingerprint density at radius 1 is 1.45 bits per heavy atom. The number of hydrogen-bond donors (Lipinski definition) is 2. The lowest BCUT2D eigenvalue weighted by atomic mass is 9.80. The largest absolute Gasteiger partial charge is 0.398 e. The predicted molar refractivity (Wildman–Crippen MR) is 78.0 cm³/mol. The number of halogens is 1. The zero-order chi connectivity index (χ0) is 14.8. The van der Waals surface area contributed by atoms with Crippen LogP contribution >= 0.6 is 0 Å². The van der Waals surface area contributed by atoms with Crippen LogP contribution in [0, 0.1) is 11.2 Å². The number of amides is 1. The van der Waals surface area contributed by atoms with E-state index in [-0.39, 0.29) is 16.9 Å². The van der Waals surface area contributed by atoms with Gasteiger partial charge < -0.3 is 16.0 Å². The Balaban J connectivity index is 1.97. The number of anilines is 1. The Bertz CT molecular complexity index is 496. The van der Waals surface area contributed by atoms with Crippen LogP contribution < -0.4 is 11.1 Å². The Hall–Kier alpha value is -1.62. The third-order valence-corrected chi connectivity index (χ3v) is 4.13. The van der Waals surface area contributed by atoms with E-state index in [9.17, 15) is 9.18 Å². The molecule has 1 aliphatic rings. The first-order valence-electron chi connectivity index (χ1n) is 6.91. The van der Waals surface area contributed by atoms with Crippen LogP contribution in [0.3, 0.4) is 0 Å². The molecular weight excluding hydrogens is 257 g/mol. The van der Waals surface area contributed by atoms with E-state index >= 15 is 0 Å². The van der Waals surface area contributed by atoms with Crippen molar-refractivity contribution in [3.63, 3.8) is 0 Å². The molecule has 0 aromatic heterocycles. The third-order valence-electron chi connectivity index (χ3n) is 4.13. The number of carbonyl (C=O) groups is 1. The molecule has 2 rings (SSSR count). The van der Waals surface area contributed by atoms with Gasteiger partial charge in [0.1, 0.15) is 5.82 Å². The van der Waals surface area contributed by atoms with Crippen molar-refractivity contribution in [3.8, 4) is 0 Å². The Labute approximate surface area is 119 Å². The molecule has 3 N–H and O–H groups in total. The second-order valence-corrected chi connectivity index (χ2v) is 6.03. The number of nitrogens with zero attached hydrogens (tertiary/aromatic N) is 1. The molecule has 1 aromatic carbocycles. The van der Waals surface area contributed by atoms with Crippen molar-refractivity contribution in [2.45, 2.75) is 19.8 Å². The average Bonchev–Trinajstić information content (AvgIpc) is 2.43. The zero-order valence-electron chi connectivity index (χ0n) is 12.1. The first-order valence-corrected chi connectivity index (χ1v) is 6.91. The van der Waals surface area contributed by atoms with Gasteiger partial charge in [0.15, 0.2) is 0 Å². The number of hydrogen-bond acceptors (Lipinski definition) is 3. The van der Waals surface area contributed by atoms with Crippen LogP contribution in [-0.4, -0.2) is 37.5 Å². The summed E-state index contributed by atoms with van der Waals surface area (Å²) in [5.74, 6) is -0.753. The summed E-state index contributed by atoms with van der Waals surface area (Å²) < 4.78 is 13.2. The standard InChI is InChI=1S/C15H22FN3O/c1-15(5-7-19(2)8-6-15)10-18-14(20)12-9-11(16)3-4-13(12)17/h3-4,9H,5-8,10,17H2,1-2H3,(H,18,20). The van der Waals surface area contributed by atoms with Gasteiger partial charge in [-0.2, -0.15) is 0 Å². The summed E-state index contributed by atoms with van der Waals surface area (Å²) in [6.45, 7) is 4.84. The number of nitrogen functional groups attached to an aromatic ring is 1. The van der Waals surface area contributed by atoms with Crippen molar-refractivity contribution in [1.82, 2.24) is 10.2 Å². The minimum Gasteiger partial charge on any atom is -0.398 e. The predicted octanol–water partition coefficient (Wildman–Crippen LogP) is 1.87. The monoisotopic (exact) mass is 279 g/mol. The van der Waals surface area contributed by atoms with E-state index in [0.29, 0.717) is 12.2 Å². The van der Waals surface area contributed by atoms with E-state index in [2.05, 4.69) is 24.2 Å².